The minimum absolute atomic E-state index is 0.467. The van der Waals surface area contributed by atoms with E-state index in [2.05, 4.69) is 15.8 Å². The Kier molecular flexibility index (Phi) is 4.17. The van der Waals surface area contributed by atoms with Crippen LogP contribution in [0.5, 0.6) is 11.6 Å². The van der Waals surface area contributed by atoms with Crippen molar-refractivity contribution in [1.82, 2.24) is 10.4 Å². The van der Waals surface area contributed by atoms with Crippen LogP contribution in [0.3, 0.4) is 0 Å². The first kappa shape index (κ1) is 12.7. The average Bonchev–Trinajstić information content (AvgIpc) is 2.47. The summed E-state index contributed by atoms with van der Waals surface area (Å²) < 4.78 is 9.95. The molecule has 6 nitrogen and oxygen atoms in total. The van der Waals surface area contributed by atoms with E-state index in [1.165, 1.54) is 13.3 Å². The van der Waals surface area contributed by atoms with E-state index >= 15 is 0 Å². The highest BCUT2D eigenvalue weighted by Crippen LogP contribution is 2.10. The van der Waals surface area contributed by atoms with E-state index < -0.39 is 6.09 Å². The number of hydrogen-bond donors (Lipinski definition) is 2. The number of nitrogens with zero attached hydrogens (tertiary/aromatic N) is 1. The van der Waals surface area contributed by atoms with Crippen LogP contribution in [0.4, 0.5) is 10.5 Å². The van der Waals surface area contributed by atoms with Crippen LogP contribution < -0.4 is 20.3 Å². The molecule has 1 amide bonds. The van der Waals surface area contributed by atoms with Crippen molar-refractivity contribution >= 4 is 11.8 Å². The third kappa shape index (κ3) is 3.88. The molecular formula is C13H13N3O3. The van der Waals surface area contributed by atoms with Crippen molar-refractivity contribution < 1.29 is 14.3 Å². The molecule has 19 heavy (non-hydrogen) atoms. The number of benzene rings is 1. The molecular weight excluding hydrogens is 246 g/mol. The summed E-state index contributed by atoms with van der Waals surface area (Å²) in [4.78, 5) is 15.5. The quantitative estimate of drug-likeness (QED) is 0.823. The summed E-state index contributed by atoms with van der Waals surface area (Å²) in [6, 6.07) is 12.2. The maximum Gasteiger partial charge on any atom is 0.431 e. The molecule has 0 spiro atoms. The smallest absolute Gasteiger partial charge is 0.431 e. The summed E-state index contributed by atoms with van der Waals surface area (Å²) in [5.41, 5.74) is 5.68. The van der Waals surface area contributed by atoms with E-state index in [1.54, 1.807) is 36.4 Å². The predicted octanol–water partition coefficient (Wildman–Crippen LogP) is 2.21. The van der Waals surface area contributed by atoms with E-state index in [9.17, 15) is 4.79 Å². The zero-order valence-electron chi connectivity index (χ0n) is 10.3. The van der Waals surface area contributed by atoms with Crippen LogP contribution in [0.15, 0.2) is 48.7 Å². The first-order chi connectivity index (χ1) is 9.28. The van der Waals surface area contributed by atoms with Crippen LogP contribution in [0, 0.1) is 0 Å². The van der Waals surface area contributed by atoms with Crippen LogP contribution in [0.25, 0.3) is 0 Å². The lowest BCUT2D eigenvalue weighted by Crippen LogP contribution is -2.32. The summed E-state index contributed by atoms with van der Waals surface area (Å²) in [6.07, 6.45) is 0.920. The number of carbonyl (C=O) groups is 1. The van der Waals surface area contributed by atoms with E-state index in [0.717, 1.165) is 0 Å². The van der Waals surface area contributed by atoms with Gasteiger partial charge in [0.25, 0.3) is 0 Å². The lowest BCUT2D eigenvalue weighted by Gasteiger charge is -2.08. The molecule has 0 atom stereocenters. The number of carbonyl (C=O) groups excluding carboxylic acids is 1. The second-order valence-corrected chi connectivity index (χ2v) is 3.54. The van der Waals surface area contributed by atoms with Gasteiger partial charge in [0.05, 0.1) is 19.0 Å². The Bertz CT molecular complexity index is 529. The van der Waals surface area contributed by atoms with Gasteiger partial charge in [0, 0.05) is 6.07 Å². The Morgan fingerprint density at radius 3 is 2.58 bits per heavy atom. The summed E-state index contributed by atoms with van der Waals surface area (Å²) >= 11 is 0. The molecule has 2 rings (SSSR count). The highest BCUT2D eigenvalue weighted by molar-refractivity contribution is 5.72. The normalized spacial score (nSPS) is 9.53. The van der Waals surface area contributed by atoms with Gasteiger partial charge in [0.15, 0.2) is 0 Å². The molecule has 1 aromatic heterocycles. The number of amides is 1. The number of ether oxygens (including phenoxy) is 2. The lowest BCUT2D eigenvalue weighted by molar-refractivity contribution is 0.203. The Hall–Kier alpha value is -2.76. The second-order valence-electron chi connectivity index (χ2n) is 3.54. The fraction of sp³-hybridized carbons (Fsp3) is 0.0769. The molecule has 0 radical (unpaired) electrons. The molecule has 2 aromatic rings. The largest absolute Gasteiger partial charge is 0.481 e. The third-order valence-electron chi connectivity index (χ3n) is 2.21. The molecule has 2 N–H and O–H groups in total. The Labute approximate surface area is 110 Å². The van der Waals surface area contributed by atoms with Gasteiger partial charge in [-0.25, -0.2) is 15.2 Å². The zero-order valence-corrected chi connectivity index (χ0v) is 10.3. The van der Waals surface area contributed by atoms with Crippen molar-refractivity contribution in [2.75, 3.05) is 12.5 Å². The van der Waals surface area contributed by atoms with Crippen LogP contribution in [0.2, 0.25) is 0 Å². The molecule has 0 aliphatic carbocycles. The van der Waals surface area contributed by atoms with Crippen molar-refractivity contribution in [2.45, 2.75) is 0 Å². The molecule has 98 valence electrons. The molecule has 6 heteroatoms. The summed E-state index contributed by atoms with van der Waals surface area (Å²) in [6.45, 7) is 0. The number of para-hydroxylation sites is 1. The number of rotatable bonds is 4. The van der Waals surface area contributed by atoms with Gasteiger partial charge in [0.2, 0.25) is 5.88 Å². The Morgan fingerprint density at radius 2 is 1.95 bits per heavy atom. The standard InChI is InChI=1S/C13H13N3O3/c1-18-12-8-7-10(9-14-12)15-16-13(17)19-11-5-3-2-4-6-11/h2-9,15H,1H3,(H,16,17). The molecule has 0 aliphatic rings. The molecule has 1 aromatic carbocycles. The molecule has 0 unspecified atom stereocenters. The van der Waals surface area contributed by atoms with Gasteiger partial charge in [0.1, 0.15) is 5.75 Å². The van der Waals surface area contributed by atoms with Gasteiger partial charge in [-0.2, -0.15) is 0 Å². The van der Waals surface area contributed by atoms with Crippen LogP contribution in [-0.4, -0.2) is 18.2 Å². The topological polar surface area (TPSA) is 72.5 Å². The summed E-state index contributed by atoms with van der Waals surface area (Å²) in [5, 5.41) is 0. The zero-order chi connectivity index (χ0) is 13.5. The van der Waals surface area contributed by atoms with Crippen LogP contribution in [0.1, 0.15) is 0 Å². The number of methoxy groups -OCH3 is 1. The Morgan fingerprint density at radius 1 is 1.16 bits per heavy atom. The van der Waals surface area contributed by atoms with Crippen molar-refractivity contribution in [2.24, 2.45) is 0 Å². The number of hydrogen-bond acceptors (Lipinski definition) is 5. The molecule has 0 saturated carbocycles. The minimum atomic E-state index is -0.609. The average molecular weight is 259 g/mol. The number of hydrazine groups is 1. The number of aromatic nitrogens is 1. The SMILES string of the molecule is COc1ccc(NNC(=O)Oc2ccccc2)cn1. The van der Waals surface area contributed by atoms with Crippen LogP contribution in [-0.2, 0) is 0 Å². The van der Waals surface area contributed by atoms with Gasteiger partial charge in [-0.3, -0.25) is 5.43 Å². The minimum Gasteiger partial charge on any atom is -0.481 e. The summed E-state index contributed by atoms with van der Waals surface area (Å²) in [5.74, 6) is 0.965. The van der Waals surface area contributed by atoms with Gasteiger partial charge in [-0.15, -0.1) is 0 Å². The van der Waals surface area contributed by atoms with E-state index in [-0.39, 0.29) is 0 Å². The monoisotopic (exact) mass is 259 g/mol. The van der Waals surface area contributed by atoms with E-state index in [4.69, 9.17) is 9.47 Å². The van der Waals surface area contributed by atoms with Crippen molar-refractivity contribution in [3.8, 4) is 11.6 Å². The first-order valence-corrected chi connectivity index (χ1v) is 5.57. The predicted molar refractivity (Wildman–Crippen MR) is 70.0 cm³/mol. The van der Waals surface area contributed by atoms with E-state index in [1.807, 2.05) is 6.07 Å². The van der Waals surface area contributed by atoms with Gasteiger partial charge < -0.3 is 9.47 Å². The van der Waals surface area contributed by atoms with Gasteiger partial charge >= 0.3 is 6.09 Å². The molecule has 0 saturated heterocycles. The maximum absolute atomic E-state index is 11.5. The number of pyridine rings is 1. The molecule has 0 bridgehead atoms. The highest BCUT2D eigenvalue weighted by atomic mass is 16.6. The molecule has 0 aliphatic heterocycles. The third-order valence-corrected chi connectivity index (χ3v) is 2.21. The van der Waals surface area contributed by atoms with Crippen molar-refractivity contribution in [1.29, 1.82) is 0 Å². The number of anilines is 1. The second kappa shape index (κ2) is 6.25. The molecule has 1 heterocycles. The fourth-order valence-corrected chi connectivity index (χ4v) is 1.32. The number of nitrogens with one attached hydrogen (secondary N) is 2. The van der Waals surface area contributed by atoms with E-state index in [0.29, 0.717) is 17.3 Å². The van der Waals surface area contributed by atoms with Gasteiger partial charge in [-0.1, -0.05) is 18.2 Å². The van der Waals surface area contributed by atoms with Gasteiger partial charge in [-0.05, 0) is 18.2 Å². The van der Waals surface area contributed by atoms with Crippen molar-refractivity contribution in [3.05, 3.63) is 48.7 Å². The van der Waals surface area contributed by atoms with Crippen LogP contribution >= 0.6 is 0 Å². The lowest BCUT2D eigenvalue weighted by atomic mass is 10.3. The molecule has 0 fully saturated rings. The summed E-state index contributed by atoms with van der Waals surface area (Å²) in [7, 11) is 1.53. The van der Waals surface area contributed by atoms with Crippen molar-refractivity contribution in [3.63, 3.8) is 0 Å². The highest BCUT2D eigenvalue weighted by Gasteiger charge is 2.03. The fourth-order valence-electron chi connectivity index (χ4n) is 1.32. The Balaban J connectivity index is 1.83. The maximum atomic E-state index is 11.5. The first-order valence-electron chi connectivity index (χ1n) is 5.57.